The number of carbonyl (C=O) groups is 1. The summed E-state index contributed by atoms with van der Waals surface area (Å²) in [6, 6.07) is 20.3. The van der Waals surface area contributed by atoms with Gasteiger partial charge in [-0.1, -0.05) is 77.4 Å². The van der Waals surface area contributed by atoms with E-state index in [0.29, 0.717) is 35.4 Å². The van der Waals surface area contributed by atoms with Crippen molar-refractivity contribution in [3.8, 4) is 11.5 Å². The maximum Gasteiger partial charge on any atom is 0.262 e. The van der Waals surface area contributed by atoms with Gasteiger partial charge in [0.25, 0.3) is 15.9 Å². The van der Waals surface area contributed by atoms with Crippen LogP contribution < -0.4 is 20.5 Å². The SMILES string of the molecule is CCCC(NC(=O)c1cc(S(=O)(=O)Nc2ccc(N)cc2)c2ccccc2c1O)Oc1ccc(CCC(C)C)cc1CCC(C)C. The number of anilines is 2. The van der Waals surface area contributed by atoms with E-state index in [4.69, 9.17) is 10.5 Å². The van der Waals surface area contributed by atoms with E-state index in [1.165, 1.54) is 11.6 Å². The number of carbonyl (C=O) groups excluding carboxylic acids is 1. The number of phenols is 1. The second kappa shape index (κ2) is 15.4. The molecule has 4 aromatic carbocycles. The second-order valence-corrected chi connectivity index (χ2v) is 14.4. The Balaban J connectivity index is 1.66. The minimum Gasteiger partial charge on any atom is -0.506 e. The van der Waals surface area contributed by atoms with Gasteiger partial charge in [-0.2, -0.15) is 0 Å². The predicted molar refractivity (Wildman–Crippen MR) is 187 cm³/mol. The van der Waals surface area contributed by atoms with Gasteiger partial charge in [0, 0.05) is 28.6 Å². The van der Waals surface area contributed by atoms with Gasteiger partial charge >= 0.3 is 0 Å². The van der Waals surface area contributed by atoms with E-state index in [9.17, 15) is 18.3 Å². The van der Waals surface area contributed by atoms with Gasteiger partial charge in [-0.25, -0.2) is 8.42 Å². The zero-order valence-corrected chi connectivity index (χ0v) is 28.3. The van der Waals surface area contributed by atoms with E-state index >= 15 is 0 Å². The number of phenolic OH excluding ortho intramolecular Hbond substituents is 1. The number of benzene rings is 4. The summed E-state index contributed by atoms with van der Waals surface area (Å²) in [7, 11) is -4.16. The Kier molecular flexibility index (Phi) is 11.6. The largest absolute Gasteiger partial charge is 0.506 e. The zero-order chi connectivity index (χ0) is 33.4. The van der Waals surface area contributed by atoms with Crippen LogP contribution in [-0.4, -0.2) is 25.7 Å². The van der Waals surface area contributed by atoms with E-state index in [0.717, 1.165) is 37.7 Å². The standard InChI is InChI=1S/C37H47N3O5S/c1-6-9-35(45-33-21-15-26(14-12-24(2)3)22-27(33)16-13-25(4)5)39-37(42)32-23-34(30-10-7-8-11-31(30)36(32)41)46(43,44)40-29-19-17-28(38)18-20-29/h7-8,10-11,15,17-25,35,40-41H,6,9,12-14,16,38H2,1-5H3,(H,39,42). The summed E-state index contributed by atoms with van der Waals surface area (Å²) in [5.74, 6) is 0.903. The van der Waals surface area contributed by atoms with E-state index in [2.05, 4.69) is 49.9 Å². The fourth-order valence-corrected chi connectivity index (χ4v) is 6.58. The summed E-state index contributed by atoms with van der Waals surface area (Å²) in [6.45, 7) is 10.8. The molecule has 0 radical (unpaired) electrons. The summed E-state index contributed by atoms with van der Waals surface area (Å²) in [6.07, 6.45) is 4.48. The molecule has 0 heterocycles. The maximum absolute atomic E-state index is 13.8. The Morgan fingerprint density at radius 2 is 1.52 bits per heavy atom. The van der Waals surface area contributed by atoms with Crippen LogP contribution in [0.5, 0.6) is 11.5 Å². The molecule has 1 atom stereocenters. The van der Waals surface area contributed by atoms with E-state index in [1.54, 1.807) is 48.5 Å². The molecule has 0 aliphatic rings. The molecule has 246 valence electrons. The lowest BCUT2D eigenvalue weighted by Crippen LogP contribution is -2.39. The Bertz CT molecular complexity index is 1750. The average molecular weight is 646 g/mol. The molecule has 8 nitrogen and oxygen atoms in total. The van der Waals surface area contributed by atoms with E-state index < -0.39 is 22.2 Å². The highest BCUT2D eigenvalue weighted by Crippen LogP contribution is 2.35. The molecule has 1 amide bonds. The third-order valence-electron chi connectivity index (χ3n) is 7.91. The highest BCUT2D eigenvalue weighted by molar-refractivity contribution is 7.93. The van der Waals surface area contributed by atoms with Crippen molar-refractivity contribution < 1.29 is 23.1 Å². The Morgan fingerprint density at radius 3 is 2.17 bits per heavy atom. The summed E-state index contributed by atoms with van der Waals surface area (Å²) in [5.41, 5.74) is 8.77. The van der Waals surface area contributed by atoms with Crippen molar-refractivity contribution >= 4 is 38.1 Å². The van der Waals surface area contributed by atoms with Crippen LogP contribution in [0.1, 0.15) is 81.8 Å². The third kappa shape index (κ3) is 8.94. The van der Waals surface area contributed by atoms with Crippen molar-refractivity contribution in [3.63, 3.8) is 0 Å². The first-order valence-corrected chi connectivity index (χ1v) is 17.6. The van der Waals surface area contributed by atoms with Gasteiger partial charge < -0.3 is 20.9 Å². The summed E-state index contributed by atoms with van der Waals surface area (Å²) in [5, 5.41) is 14.7. The van der Waals surface area contributed by atoms with Crippen molar-refractivity contribution in [2.45, 2.75) is 84.3 Å². The van der Waals surface area contributed by atoms with Gasteiger partial charge in [0.15, 0.2) is 6.23 Å². The predicted octanol–water partition coefficient (Wildman–Crippen LogP) is 8.04. The number of aryl methyl sites for hydroxylation is 2. The first-order chi connectivity index (χ1) is 21.9. The number of nitrogens with one attached hydrogen (secondary N) is 2. The van der Waals surface area contributed by atoms with Gasteiger partial charge in [0.1, 0.15) is 11.5 Å². The van der Waals surface area contributed by atoms with Crippen LogP contribution in [0, 0.1) is 11.8 Å². The lowest BCUT2D eigenvalue weighted by Gasteiger charge is -2.23. The number of nitrogens with two attached hydrogens (primary N) is 1. The topological polar surface area (TPSA) is 131 Å². The minimum absolute atomic E-state index is 0.135. The molecule has 0 saturated carbocycles. The van der Waals surface area contributed by atoms with Crippen molar-refractivity contribution in [3.05, 3.63) is 89.5 Å². The van der Waals surface area contributed by atoms with Gasteiger partial charge in [-0.05, 0) is 85.0 Å². The lowest BCUT2D eigenvalue weighted by atomic mass is 9.97. The number of rotatable bonds is 15. The fraction of sp³-hybridized carbons (Fsp3) is 0.378. The van der Waals surface area contributed by atoms with Crippen LogP contribution in [0.25, 0.3) is 10.8 Å². The van der Waals surface area contributed by atoms with Crippen molar-refractivity contribution in [2.75, 3.05) is 10.5 Å². The van der Waals surface area contributed by atoms with Gasteiger partial charge in [-0.3, -0.25) is 9.52 Å². The number of hydrogen-bond acceptors (Lipinski definition) is 6. The smallest absolute Gasteiger partial charge is 0.262 e. The van der Waals surface area contributed by atoms with Gasteiger partial charge in [0.05, 0.1) is 10.5 Å². The number of sulfonamides is 1. The number of amides is 1. The number of nitrogen functional groups attached to an aromatic ring is 1. The lowest BCUT2D eigenvalue weighted by molar-refractivity contribution is 0.0809. The Hall–Kier alpha value is -4.24. The maximum atomic E-state index is 13.8. The van der Waals surface area contributed by atoms with Gasteiger partial charge in [0.2, 0.25) is 0 Å². The molecule has 0 aromatic heterocycles. The molecule has 9 heteroatoms. The molecule has 4 aromatic rings. The molecule has 0 bridgehead atoms. The molecule has 5 N–H and O–H groups in total. The first-order valence-electron chi connectivity index (χ1n) is 16.1. The van der Waals surface area contributed by atoms with Crippen LogP contribution in [-0.2, 0) is 22.9 Å². The summed E-state index contributed by atoms with van der Waals surface area (Å²) in [4.78, 5) is 13.6. The fourth-order valence-electron chi connectivity index (χ4n) is 5.28. The van der Waals surface area contributed by atoms with Crippen molar-refractivity contribution in [1.82, 2.24) is 5.32 Å². The van der Waals surface area contributed by atoms with E-state index in [-0.39, 0.29) is 27.0 Å². The molecule has 1 unspecified atom stereocenters. The number of hydrogen-bond donors (Lipinski definition) is 4. The summed E-state index contributed by atoms with van der Waals surface area (Å²) >= 11 is 0. The average Bonchev–Trinajstić information content (AvgIpc) is 3.01. The molecule has 0 spiro atoms. The quantitative estimate of drug-likeness (QED) is 0.0765. The van der Waals surface area contributed by atoms with Crippen molar-refractivity contribution in [1.29, 1.82) is 0 Å². The van der Waals surface area contributed by atoms with Crippen molar-refractivity contribution in [2.24, 2.45) is 11.8 Å². The van der Waals surface area contributed by atoms with E-state index in [1.807, 2.05) is 13.0 Å². The molecular formula is C37H47N3O5S. The number of aromatic hydroxyl groups is 1. The molecular weight excluding hydrogens is 598 g/mol. The normalized spacial score (nSPS) is 12.4. The highest BCUT2D eigenvalue weighted by atomic mass is 32.2. The molecule has 0 saturated heterocycles. The van der Waals surface area contributed by atoms with Crippen LogP contribution in [0.4, 0.5) is 11.4 Å². The Morgan fingerprint density at radius 1 is 0.870 bits per heavy atom. The molecule has 4 rings (SSSR count). The second-order valence-electron chi connectivity index (χ2n) is 12.7. The monoisotopic (exact) mass is 645 g/mol. The summed E-state index contributed by atoms with van der Waals surface area (Å²) < 4.78 is 36.3. The van der Waals surface area contributed by atoms with Crippen LogP contribution in [0.15, 0.2) is 77.7 Å². The number of fused-ring (bicyclic) bond motifs is 1. The number of ether oxygens (including phenoxy) is 1. The van der Waals surface area contributed by atoms with Gasteiger partial charge in [-0.15, -0.1) is 0 Å². The van der Waals surface area contributed by atoms with Crippen LogP contribution >= 0.6 is 0 Å². The van der Waals surface area contributed by atoms with Crippen LogP contribution in [0.3, 0.4) is 0 Å². The first kappa shape index (κ1) is 34.6. The zero-order valence-electron chi connectivity index (χ0n) is 27.5. The Labute approximate surface area is 273 Å². The molecule has 0 aliphatic carbocycles. The third-order valence-corrected chi connectivity index (χ3v) is 9.33. The molecule has 0 fully saturated rings. The minimum atomic E-state index is -4.16. The van der Waals surface area contributed by atoms with Crippen LogP contribution in [0.2, 0.25) is 0 Å². The molecule has 46 heavy (non-hydrogen) atoms. The highest BCUT2D eigenvalue weighted by Gasteiger charge is 2.26. The molecule has 0 aliphatic heterocycles.